The van der Waals surface area contributed by atoms with Gasteiger partial charge in [-0.2, -0.15) is 5.10 Å². The van der Waals surface area contributed by atoms with Gasteiger partial charge in [0.15, 0.2) is 0 Å². The van der Waals surface area contributed by atoms with Crippen LogP contribution in [0.25, 0.3) is 0 Å². The number of nitrogens with zero attached hydrogens (tertiary/aromatic N) is 4. The van der Waals surface area contributed by atoms with Crippen molar-refractivity contribution in [2.75, 3.05) is 7.05 Å². The molecular weight excluding hydrogens is 398 g/mol. The van der Waals surface area contributed by atoms with Crippen molar-refractivity contribution in [2.45, 2.75) is 57.8 Å². The minimum Gasteiger partial charge on any atom is -0.381 e. The Labute approximate surface area is 182 Å². The summed E-state index contributed by atoms with van der Waals surface area (Å²) in [6, 6.07) is 11.1. The Hall–Kier alpha value is -2.64. The van der Waals surface area contributed by atoms with Gasteiger partial charge in [0.25, 0.3) is 0 Å². The van der Waals surface area contributed by atoms with Crippen LogP contribution in [-0.2, 0) is 24.1 Å². The van der Waals surface area contributed by atoms with Gasteiger partial charge in [-0.25, -0.2) is 18.4 Å². The molecule has 0 aliphatic heterocycles. The lowest BCUT2D eigenvalue weighted by atomic mass is 9.85. The number of aliphatic hydroxyl groups is 1. The summed E-state index contributed by atoms with van der Waals surface area (Å²) in [7, 11) is 1.87. The molecule has 31 heavy (non-hydrogen) atoms. The van der Waals surface area contributed by atoms with Crippen LogP contribution in [0.4, 0.5) is 8.78 Å². The van der Waals surface area contributed by atoms with Crippen molar-refractivity contribution >= 4 is 0 Å². The number of halogens is 2. The largest absolute Gasteiger partial charge is 0.381 e. The second-order valence-electron chi connectivity index (χ2n) is 9.18. The molecular formula is C24H30F2N4O. The fourth-order valence-electron chi connectivity index (χ4n) is 3.74. The highest BCUT2D eigenvalue weighted by Crippen LogP contribution is 2.33. The summed E-state index contributed by atoms with van der Waals surface area (Å²) in [5.74, 6) is -1.48. The fourth-order valence-corrected chi connectivity index (χ4v) is 3.74. The molecule has 1 N–H and O–H groups in total. The predicted octanol–water partition coefficient (Wildman–Crippen LogP) is 4.26. The molecule has 0 spiro atoms. The van der Waals surface area contributed by atoms with E-state index in [1.165, 1.54) is 29.0 Å². The number of likely N-dealkylation sites (N-methyl/N-ethyl adjacent to an activating group) is 1. The minimum absolute atomic E-state index is 0.0202. The van der Waals surface area contributed by atoms with E-state index in [1.54, 1.807) is 0 Å². The summed E-state index contributed by atoms with van der Waals surface area (Å²) in [5.41, 5.74) is 0.737. The van der Waals surface area contributed by atoms with Crippen LogP contribution in [0.2, 0.25) is 0 Å². The predicted molar refractivity (Wildman–Crippen MR) is 116 cm³/mol. The van der Waals surface area contributed by atoms with Gasteiger partial charge in [-0.05, 0) is 36.6 Å². The lowest BCUT2D eigenvalue weighted by molar-refractivity contribution is -0.0591. The number of aromatic nitrogens is 3. The van der Waals surface area contributed by atoms with E-state index in [2.05, 4.69) is 55.1 Å². The summed E-state index contributed by atoms with van der Waals surface area (Å²) in [6.45, 7) is 8.84. The average Bonchev–Trinajstić information content (AvgIpc) is 3.19. The first-order valence-electron chi connectivity index (χ1n) is 10.3. The highest BCUT2D eigenvalue weighted by Gasteiger charge is 2.41. The van der Waals surface area contributed by atoms with Crippen LogP contribution >= 0.6 is 0 Å². The van der Waals surface area contributed by atoms with Crippen LogP contribution in [0.1, 0.15) is 44.4 Å². The van der Waals surface area contributed by atoms with Gasteiger partial charge in [0.05, 0.1) is 6.54 Å². The number of rotatable bonds is 7. The van der Waals surface area contributed by atoms with Gasteiger partial charge < -0.3 is 5.11 Å². The maximum absolute atomic E-state index is 14.7. The molecule has 3 rings (SSSR count). The molecule has 7 heteroatoms. The molecule has 5 nitrogen and oxygen atoms in total. The Morgan fingerprint density at radius 3 is 2.32 bits per heavy atom. The Bertz CT molecular complexity index is 999. The molecule has 3 aromatic rings. The van der Waals surface area contributed by atoms with E-state index in [4.69, 9.17) is 0 Å². The first-order valence-corrected chi connectivity index (χ1v) is 10.3. The van der Waals surface area contributed by atoms with E-state index in [9.17, 15) is 13.9 Å². The molecule has 0 amide bonds. The van der Waals surface area contributed by atoms with Crippen LogP contribution in [0.5, 0.6) is 0 Å². The molecule has 2 aromatic carbocycles. The van der Waals surface area contributed by atoms with Crippen molar-refractivity contribution in [3.05, 3.63) is 83.4 Å². The van der Waals surface area contributed by atoms with E-state index in [0.29, 0.717) is 6.54 Å². The molecule has 0 bridgehead atoms. The van der Waals surface area contributed by atoms with Crippen LogP contribution in [0.3, 0.4) is 0 Å². The summed E-state index contributed by atoms with van der Waals surface area (Å²) >= 11 is 0. The molecule has 0 saturated heterocycles. The molecule has 0 fully saturated rings. The van der Waals surface area contributed by atoms with Gasteiger partial charge >= 0.3 is 0 Å². The van der Waals surface area contributed by atoms with Gasteiger partial charge in [0.1, 0.15) is 29.9 Å². The van der Waals surface area contributed by atoms with Gasteiger partial charge in [-0.1, -0.05) is 51.1 Å². The second-order valence-corrected chi connectivity index (χ2v) is 9.18. The van der Waals surface area contributed by atoms with E-state index in [1.807, 2.05) is 18.9 Å². The van der Waals surface area contributed by atoms with E-state index < -0.39 is 23.3 Å². The average molecular weight is 429 g/mol. The highest BCUT2D eigenvalue weighted by molar-refractivity contribution is 5.29. The van der Waals surface area contributed by atoms with E-state index in [-0.39, 0.29) is 17.5 Å². The Morgan fingerprint density at radius 1 is 1.10 bits per heavy atom. The quantitative estimate of drug-likeness (QED) is 0.611. The maximum Gasteiger partial charge on any atom is 0.137 e. The summed E-state index contributed by atoms with van der Waals surface area (Å²) < 4.78 is 29.7. The Morgan fingerprint density at radius 2 is 1.77 bits per heavy atom. The van der Waals surface area contributed by atoms with Crippen molar-refractivity contribution in [3.63, 3.8) is 0 Å². The standard InChI is InChI=1S/C24H30F2N4O/c1-17(29(5)13-18-6-8-19(9-7-18)23(2,3)4)24(31,14-30-16-27-15-28-30)21-11-10-20(25)12-22(21)26/h6-12,15-17,31H,13-14H2,1-5H3/t17-,24-/m1/s1. The van der Waals surface area contributed by atoms with Gasteiger partial charge in [-0.15, -0.1) is 0 Å². The molecule has 0 unspecified atom stereocenters. The number of benzene rings is 2. The van der Waals surface area contributed by atoms with Crippen molar-refractivity contribution in [1.82, 2.24) is 19.7 Å². The van der Waals surface area contributed by atoms with Crippen molar-refractivity contribution in [2.24, 2.45) is 0 Å². The van der Waals surface area contributed by atoms with Crippen molar-refractivity contribution < 1.29 is 13.9 Å². The van der Waals surface area contributed by atoms with Crippen molar-refractivity contribution in [1.29, 1.82) is 0 Å². The summed E-state index contributed by atoms with van der Waals surface area (Å²) in [5, 5.41) is 15.8. The van der Waals surface area contributed by atoms with Crippen LogP contribution in [-0.4, -0.2) is 37.9 Å². The molecule has 2 atom stereocenters. The highest BCUT2D eigenvalue weighted by atomic mass is 19.1. The lowest BCUT2D eigenvalue weighted by Crippen LogP contribution is -2.50. The van der Waals surface area contributed by atoms with Crippen LogP contribution in [0.15, 0.2) is 55.1 Å². The first-order chi connectivity index (χ1) is 14.5. The van der Waals surface area contributed by atoms with Crippen molar-refractivity contribution in [3.8, 4) is 0 Å². The minimum atomic E-state index is -1.66. The second kappa shape index (κ2) is 8.85. The molecule has 0 aliphatic rings. The third kappa shape index (κ3) is 5.17. The molecule has 1 heterocycles. The maximum atomic E-state index is 14.7. The normalized spacial score (nSPS) is 15.1. The smallest absolute Gasteiger partial charge is 0.137 e. The number of hydrogen-bond donors (Lipinski definition) is 1. The SMILES string of the molecule is C[C@@H](N(C)Cc1ccc(C(C)(C)C)cc1)[C@](O)(Cn1cncn1)c1ccc(F)cc1F. The molecule has 0 radical (unpaired) electrons. The monoisotopic (exact) mass is 428 g/mol. The van der Waals surface area contributed by atoms with E-state index in [0.717, 1.165) is 17.7 Å². The molecule has 1 aromatic heterocycles. The van der Waals surface area contributed by atoms with E-state index >= 15 is 0 Å². The molecule has 0 aliphatic carbocycles. The van der Waals surface area contributed by atoms with Gasteiger partial charge in [0.2, 0.25) is 0 Å². The fraction of sp³-hybridized carbons (Fsp3) is 0.417. The summed E-state index contributed by atoms with van der Waals surface area (Å²) in [6.07, 6.45) is 2.82. The number of hydrogen-bond acceptors (Lipinski definition) is 4. The Kier molecular flexibility index (Phi) is 6.57. The third-order valence-electron chi connectivity index (χ3n) is 5.87. The zero-order valence-electron chi connectivity index (χ0n) is 18.7. The summed E-state index contributed by atoms with van der Waals surface area (Å²) in [4.78, 5) is 5.86. The lowest BCUT2D eigenvalue weighted by Gasteiger charge is -2.40. The first kappa shape index (κ1) is 23.0. The zero-order valence-corrected chi connectivity index (χ0v) is 18.7. The van der Waals surface area contributed by atoms with Crippen LogP contribution < -0.4 is 0 Å². The third-order valence-corrected chi connectivity index (χ3v) is 5.87. The van der Waals surface area contributed by atoms with Crippen LogP contribution in [0, 0.1) is 11.6 Å². The topological polar surface area (TPSA) is 54.2 Å². The zero-order chi connectivity index (χ0) is 22.8. The molecule has 166 valence electrons. The molecule has 0 saturated carbocycles. The van der Waals surface area contributed by atoms with Gasteiger partial charge in [0, 0.05) is 24.2 Å². The Balaban J connectivity index is 1.89. The van der Waals surface area contributed by atoms with Gasteiger partial charge in [-0.3, -0.25) is 4.90 Å².